The average Bonchev–Trinajstić information content (AvgIpc) is 2.84. The molecule has 2 nitrogen and oxygen atoms in total. The summed E-state index contributed by atoms with van der Waals surface area (Å²) in [5, 5.41) is 7.62. The van der Waals surface area contributed by atoms with Crippen LogP contribution in [0.3, 0.4) is 0 Å². The van der Waals surface area contributed by atoms with Gasteiger partial charge >= 0.3 is 0 Å². The molecule has 0 aliphatic carbocycles. The maximum absolute atomic E-state index is 4.86. The zero-order valence-corrected chi connectivity index (χ0v) is 17.2. The van der Waals surface area contributed by atoms with Crippen molar-refractivity contribution >= 4 is 32.3 Å². The van der Waals surface area contributed by atoms with Gasteiger partial charge in [-0.1, -0.05) is 90.5 Å². The molecule has 2 heteroatoms. The monoisotopic (exact) mass is 396 g/mol. The maximum Gasteiger partial charge on any atom is 0.159 e. The van der Waals surface area contributed by atoms with Crippen LogP contribution >= 0.6 is 0 Å². The molecule has 5 aromatic carbocycles. The van der Waals surface area contributed by atoms with Gasteiger partial charge in [0.1, 0.15) is 0 Å². The van der Waals surface area contributed by atoms with Crippen molar-refractivity contribution in [1.29, 1.82) is 0 Å². The molecule has 0 atom stereocenters. The summed E-state index contributed by atoms with van der Waals surface area (Å²) in [7, 11) is 0. The Morgan fingerprint density at radius 2 is 1.16 bits per heavy atom. The molecular weight excluding hydrogens is 376 g/mol. The van der Waals surface area contributed by atoms with Crippen molar-refractivity contribution < 1.29 is 0 Å². The van der Waals surface area contributed by atoms with E-state index in [2.05, 4.69) is 84.7 Å². The smallest absolute Gasteiger partial charge is 0.159 e. The number of nitrogens with zero attached hydrogens (tertiary/aromatic N) is 2. The Kier molecular flexibility index (Phi) is 4.03. The van der Waals surface area contributed by atoms with E-state index in [1.807, 2.05) is 30.5 Å². The number of rotatable bonds is 2. The van der Waals surface area contributed by atoms with Crippen molar-refractivity contribution in [2.75, 3.05) is 0 Å². The van der Waals surface area contributed by atoms with E-state index in [1.54, 1.807) is 0 Å². The first-order valence-electron chi connectivity index (χ1n) is 10.5. The Bertz CT molecular complexity index is 1560. The van der Waals surface area contributed by atoms with Crippen LogP contribution in [0.15, 0.2) is 103 Å². The third-order valence-corrected chi connectivity index (χ3v) is 5.98. The van der Waals surface area contributed by atoms with Gasteiger partial charge in [-0.25, -0.2) is 9.97 Å². The van der Waals surface area contributed by atoms with Crippen molar-refractivity contribution in [1.82, 2.24) is 9.97 Å². The van der Waals surface area contributed by atoms with Crippen LogP contribution in [0, 0.1) is 6.92 Å². The molecule has 31 heavy (non-hydrogen) atoms. The van der Waals surface area contributed by atoms with Crippen molar-refractivity contribution in [2.24, 2.45) is 0 Å². The SMILES string of the molecule is Cc1ccc2c3ccc(-c4nccc(-c5ccccc5)n4)cc3c3ccccc3c2c1. The van der Waals surface area contributed by atoms with Crippen LogP contribution in [0.25, 0.3) is 55.0 Å². The Morgan fingerprint density at radius 3 is 1.94 bits per heavy atom. The van der Waals surface area contributed by atoms with E-state index in [0.717, 1.165) is 22.6 Å². The fourth-order valence-corrected chi connectivity index (χ4v) is 4.48. The first-order valence-corrected chi connectivity index (χ1v) is 10.5. The molecule has 0 fully saturated rings. The van der Waals surface area contributed by atoms with Crippen LogP contribution in [-0.4, -0.2) is 9.97 Å². The van der Waals surface area contributed by atoms with Crippen LogP contribution < -0.4 is 0 Å². The van der Waals surface area contributed by atoms with Gasteiger partial charge in [0.05, 0.1) is 5.69 Å². The highest BCUT2D eigenvalue weighted by Gasteiger charge is 2.11. The minimum absolute atomic E-state index is 0.747. The molecule has 0 saturated heterocycles. The second kappa shape index (κ2) is 7.03. The lowest BCUT2D eigenvalue weighted by Crippen LogP contribution is -1.92. The third-order valence-electron chi connectivity index (χ3n) is 5.98. The van der Waals surface area contributed by atoms with E-state index in [4.69, 9.17) is 4.98 Å². The lowest BCUT2D eigenvalue weighted by atomic mass is 9.92. The number of hydrogen-bond donors (Lipinski definition) is 0. The van der Waals surface area contributed by atoms with Gasteiger partial charge < -0.3 is 0 Å². The van der Waals surface area contributed by atoms with Crippen LogP contribution in [0.4, 0.5) is 0 Å². The van der Waals surface area contributed by atoms with Crippen LogP contribution in [0.5, 0.6) is 0 Å². The Morgan fingerprint density at radius 1 is 0.516 bits per heavy atom. The molecule has 0 amide bonds. The van der Waals surface area contributed by atoms with Crippen molar-refractivity contribution in [2.45, 2.75) is 6.92 Å². The Balaban J connectivity index is 1.62. The summed E-state index contributed by atoms with van der Waals surface area (Å²) in [5.74, 6) is 0.747. The van der Waals surface area contributed by atoms with Crippen LogP contribution in [-0.2, 0) is 0 Å². The molecule has 0 bridgehead atoms. The number of fused-ring (bicyclic) bond motifs is 6. The summed E-state index contributed by atoms with van der Waals surface area (Å²) in [6.07, 6.45) is 1.84. The second-order valence-corrected chi connectivity index (χ2v) is 7.99. The summed E-state index contributed by atoms with van der Waals surface area (Å²) in [6.45, 7) is 2.15. The molecule has 0 N–H and O–H groups in total. The Hall–Kier alpha value is -4.04. The molecule has 0 saturated carbocycles. The van der Waals surface area contributed by atoms with E-state index < -0.39 is 0 Å². The van der Waals surface area contributed by atoms with Gasteiger partial charge in [-0.2, -0.15) is 0 Å². The number of aryl methyl sites for hydroxylation is 1. The Labute approximate surface area is 180 Å². The van der Waals surface area contributed by atoms with Crippen LogP contribution in [0.1, 0.15) is 5.56 Å². The van der Waals surface area contributed by atoms with E-state index in [9.17, 15) is 0 Å². The van der Waals surface area contributed by atoms with Gasteiger partial charge in [-0.05, 0) is 51.4 Å². The lowest BCUT2D eigenvalue weighted by molar-refractivity contribution is 1.18. The van der Waals surface area contributed by atoms with E-state index in [0.29, 0.717) is 0 Å². The van der Waals surface area contributed by atoms with Gasteiger partial charge in [0.25, 0.3) is 0 Å². The molecule has 0 radical (unpaired) electrons. The van der Waals surface area contributed by atoms with E-state index >= 15 is 0 Å². The molecule has 0 unspecified atom stereocenters. The number of aromatic nitrogens is 2. The first-order chi connectivity index (χ1) is 15.3. The standard InChI is InChI=1S/C29H20N2/c1-19-11-13-24-25-14-12-21(18-27(25)23-10-6-5-9-22(23)26(24)17-19)29-30-16-15-28(31-29)20-7-3-2-4-8-20/h2-18H,1H3. The molecule has 1 aromatic heterocycles. The average molecular weight is 396 g/mol. The predicted octanol–water partition coefficient (Wildman–Crippen LogP) is 7.58. The molecule has 0 aliphatic rings. The molecule has 6 aromatic rings. The lowest BCUT2D eigenvalue weighted by Gasteiger charge is -2.12. The fourth-order valence-electron chi connectivity index (χ4n) is 4.48. The first kappa shape index (κ1) is 17.8. The van der Waals surface area contributed by atoms with Gasteiger partial charge in [0, 0.05) is 17.3 Å². The second-order valence-electron chi connectivity index (χ2n) is 7.99. The topological polar surface area (TPSA) is 25.8 Å². The molecule has 6 rings (SSSR count). The summed E-state index contributed by atoms with van der Waals surface area (Å²) in [6, 6.07) is 34.2. The quantitative estimate of drug-likeness (QED) is 0.282. The highest BCUT2D eigenvalue weighted by molar-refractivity contribution is 6.25. The maximum atomic E-state index is 4.86. The minimum atomic E-state index is 0.747. The molecule has 0 spiro atoms. The summed E-state index contributed by atoms with van der Waals surface area (Å²) in [5.41, 5.74) is 4.34. The van der Waals surface area contributed by atoms with E-state index in [1.165, 1.54) is 37.9 Å². The fraction of sp³-hybridized carbons (Fsp3) is 0.0345. The number of hydrogen-bond acceptors (Lipinski definition) is 2. The summed E-state index contributed by atoms with van der Waals surface area (Å²) >= 11 is 0. The number of benzene rings is 5. The predicted molar refractivity (Wildman–Crippen MR) is 130 cm³/mol. The molecule has 146 valence electrons. The highest BCUT2D eigenvalue weighted by Crippen LogP contribution is 2.37. The molecule has 1 heterocycles. The normalized spacial score (nSPS) is 11.4. The zero-order chi connectivity index (χ0) is 20.8. The zero-order valence-electron chi connectivity index (χ0n) is 17.2. The van der Waals surface area contributed by atoms with E-state index in [-0.39, 0.29) is 0 Å². The van der Waals surface area contributed by atoms with Gasteiger partial charge in [0.2, 0.25) is 0 Å². The van der Waals surface area contributed by atoms with Gasteiger partial charge in [-0.15, -0.1) is 0 Å². The largest absolute Gasteiger partial charge is 0.237 e. The minimum Gasteiger partial charge on any atom is -0.237 e. The van der Waals surface area contributed by atoms with Gasteiger partial charge in [0.15, 0.2) is 5.82 Å². The van der Waals surface area contributed by atoms with Crippen molar-refractivity contribution in [3.8, 4) is 22.6 Å². The third kappa shape index (κ3) is 2.96. The van der Waals surface area contributed by atoms with Crippen molar-refractivity contribution in [3.05, 3.63) is 109 Å². The summed E-state index contributed by atoms with van der Waals surface area (Å²) in [4.78, 5) is 9.45. The summed E-state index contributed by atoms with van der Waals surface area (Å²) < 4.78 is 0. The van der Waals surface area contributed by atoms with Crippen molar-refractivity contribution in [3.63, 3.8) is 0 Å². The van der Waals surface area contributed by atoms with Gasteiger partial charge in [-0.3, -0.25) is 0 Å². The highest BCUT2D eigenvalue weighted by atomic mass is 14.9. The molecular formula is C29H20N2. The van der Waals surface area contributed by atoms with Crippen LogP contribution in [0.2, 0.25) is 0 Å². The molecule has 0 aliphatic heterocycles.